The van der Waals surface area contributed by atoms with Gasteiger partial charge in [-0.15, -0.1) is 0 Å². The molecular formula is C34H41NO12. The molecule has 254 valence electrons. The van der Waals surface area contributed by atoms with Gasteiger partial charge >= 0.3 is 0 Å². The van der Waals surface area contributed by atoms with E-state index in [1.807, 2.05) is 12.1 Å². The Morgan fingerprint density at radius 3 is 2.47 bits per heavy atom. The molecule has 2 saturated heterocycles. The van der Waals surface area contributed by atoms with E-state index in [1.54, 1.807) is 19.1 Å². The average Bonchev–Trinajstić information content (AvgIpc) is 3.80. The Kier molecular flexibility index (Phi) is 9.88. The van der Waals surface area contributed by atoms with Crippen LogP contribution in [0.15, 0.2) is 53.6 Å². The van der Waals surface area contributed by atoms with Crippen LogP contribution in [0, 0.1) is 0 Å². The van der Waals surface area contributed by atoms with Crippen molar-refractivity contribution in [2.45, 2.75) is 94.3 Å². The highest BCUT2D eigenvalue weighted by molar-refractivity contribution is 5.97. The summed E-state index contributed by atoms with van der Waals surface area (Å²) in [5.41, 5.74) is 3.79. The minimum absolute atomic E-state index is 0.0140. The Labute approximate surface area is 271 Å². The zero-order chi connectivity index (χ0) is 33.4. The van der Waals surface area contributed by atoms with E-state index in [4.69, 9.17) is 23.7 Å². The molecule has 13 heteroatoms. The van der Waals surface area contributed by atoms with E-state index in [2.05, 4.69) is 11.4 Å². The van der Waals surface area contributed by atoms with Crippen LogP contribution >= 0.6 is 0 Å². The molecule has 3 fully saturated rings. The number of benzene rings is 2. The monoisotopic (exact) mass is 655 g/mol. The molecule has 0 unspecified atom stereocenters. The summed E-state index contributed by atoms with van der Waals surface area (Å²) in [4.78, 5) is 12.9. The van der Waals surface area contributed by atoms with E-state index >= 15 is 0 Å². The minimum Gasteiger partial charge on any atom is -0.504 e. The number of hydrogen-bond donors (Lipinski definition) is 7. The molecule has 2 aromatic carbocycles. The van der Waals surface area contributed by atoms with Crippen molar-refractivity contribution in [2.24, 2.45) is 0 Å². The minimum atomic E-state index is -1.49. The highest BCUT2D eigenvalue weighted by Gasteiger charge is 2.53. The van der Waals surface area contributed by atoms with Gasteiger partial charge in [-0.05, 0) is 85.7 Å². The second-order valence-corrected chi connectivity index (χ2v) is 12.4. The summed E-state index contributed by atoms with van der Waals surface area (Å²) in [5, 5.41) is 66.0. The molecule has 47 heavy (non-hydrogen) atoms. The number of aliphatic hydroxyl groups excluding tert-OH is 5. The lowest BCUT2D eigenvalue weighted by Gasteiger charge is -2.41. The molecule has 2 heterocycles. The van der Waals surface area contributed by atoms with Crippen LogP contribution in [0.25, 0.3) is 6.08 Å². The zero-order valence-corrected chi connectivity index (χ0v) is 26.1. The Bertz CT molecular complexity index is 1530. The number of carbonyl (C=O) groups excluding carboxylic acids is 1. The summed E-state index contributed by atoms with van der Waals surface area (Å²) in [6.45, 7) is 3.39. The molecular weight excluding hydrogens is 614 g/mol. The van der Waals surface area contributed by atoms with Gasteiger partial charge in [-0.2, -0.15) is 0 Å². The van der Waals surface area contributed by atoms with Crippen molar-refractivity contribution in [1.29, 1.82) is 0 Å². The van der Waals surface area contributed by atoms with Gasteiger partial charge in [-0.25, -0.2) is 0 Å². The Morgan fingerprint density at radius 1 is 0.936 bits per heavy atom. The van der Waals surface area contributed by atoms with Crippen molar-refractivity contribution in [3.63, 3.8) is 0 Å². The number of ether oxygens (including phenoxy) is 5. The molecule has 2 aliphatic carbocycles. The van der Waals surface area contributed by atoms with Gasteiger partial charge in [-0.3, -0.25) is 4.79 Å². The standard InChI is InChI=1S/C34H41NO12/c1-16(11-12-43-22-8-4-6-19-5-3-7-20(19)22)30-28(40)29(41)34(47-30)46-23-10-9-18(14-21(23)36)13-17(2)33(42)35-24-25(37)27(39)32-31(26(24)38)44-15-45-32/h4,6,8-11,13-14,24-32,34,36-41H,3,5,7,12,15H2,1-2H3,(H,35,42)/b16-11+,17-13+/t24-,25+,26-,27-,28+,29+,30-,31+,32-,34-/m1/s1. The van der Waals surface area contributed by atoms with Gasteiger partial charge in [0, 0.05) is 5.57 Å². The number of carbonyl (C=O) groups is 1. The van der Waals surface area contributed by atoms with Gasteiger partial charge in [0.1, 0.15) is 68.0 Å². The lowest BCUT2D eigenvalue weighted by Crippen LogP contribution is -2.67. The number of fused-ring (bicyclic) bond motifs is 2. The van der Waals surface area contributed by atoms with Crippen LogP contribution in [0.3, 0.4) is 0 Å². The van der Waals surface area contributed by atoms with Crippen LogP contribution < -0.4 is 14.8 Å². The fourth-order valence-corrected chi connectivity index (χ4v) is 6.60. The van der Waals surface area contributed by atoms with Crippen LogP contribution in [0.5, 0.6) is 17.2 Å². The highest BCUT2D eigenvalue weighted by Crippen LogP contribution is 2.35. The lowest BCUT2D eigenvalue weighted by atomic mass is 9.83. The third kappa shape index (κ3) is 6.76. The molecule has 2 aliphatic heterocycles. The van der Waals surface area contributed by atoms with Crippen LogP contribution in [-0.2, 0) is 31.8 Å². The van der Waals surface area contributed by atoms with Gasteiger partial charge in [0.05, 0.1) is 6.04 Å². The van der Waals surface area contributed by atoms with Crippen LogP contribution in [0.2, 0.25) is 0 Å². The van der Waals surface area contributed by atoms with Gasteiger partial charge in [0.2, 0.25) is 12.2 Å². The second kappa shape index (κ2) is 13.9. The number of aliphatic hydroxyl groups is 5. The van der Waals surface area contributed by atoms with E-state index in [9.17, 15) is 35.4 Å². The lowest BCUT2D eigenvalue weighted by molar-refractivity contribution is -0.155. The van der Waals surface area contributed by atoms with E-state index < -0.39 is 67.1 Å². The molecule has 1 saturated carbocycles. The number of amides is 1. The van der Waals surface area contributed by atoms with E-state index in [0.29, 0.717) is 11.1 Å². The van der Waals surface area contributed by atoms with Crippen molar-refractivity contribution in [2.75, 3.05) is 13.4 Å². The van der Waals surface area contributed by atoms with Crippen molar-refractivity contribution in [3.8, 4) is 17.2 Å². The first kappa shape index (κ1) is 33.4. The third-order valence-electron chi connectivity index (χ3n) is 9.28. The number of nitrogens with one attached hydrogen (secondary N) is 1. The molecule has 13 nitrogen and oxygen atoms in total. The summed E-state index contributed by atoms with van der Waals surface area (Å²) in [5.74, 6) is -0.0965. The maximum atomic E-state index is 12.9. The summed E-state index contributed by atoms with van der Waals surface area (Å²) in [7, 11) is 0. The summed E-state index contributed by atoms with van der Waals surface area (Å²) in [6.07, 6.45) is -4.37. The van der Waals surface area contributed by atoms with Crippen molar-refractivity contribution < 1.29 is 59.1 Å². The van der Waals surface area contributed by atoms with Gasteiger partial charge in [0.25, 0.3) is 0 Å². The second-order valence-electron chi connectivity index (χ2n) is 12.4. The van der Waals surface area contributed by atoms with Crippen molar-refractivity contribution in [1.82, 2.24) is 5.32 Å². The molecule has 10 atom stereocenters. The molecule has 1 amide bonds. The number of aryl methyl sites for hydroxylation is 1. The maximum Gasteiger partial charge on any atom is 0.247 e. The topological polar surface area (TPSA) is 197 Å². The Morgan fingerprint density at radius 2 is 1.70 bits per heavy atom. The molecule has 0 bridgehead atoms. The third-order valence-corrected chi connectivity index (χ3v) is 9.28. The average molecular weight is 656 g/mol. The van der Waals surface area contributed by atoms with Crippen LogP contribution in [0.1, 0.15) is 37.0 Å². The number of aromatic hydroxyl groups is 1. The van der Waals surface area contributed by atoms with Crippen molar-refractivity contribution >= 4 is 12.0 Å². The zero-order valence-electron chi connectivity index (χ0n) is 26.1. The number of hydrogen-bond acceptors (Lipinski definition) is 12. The number of phenolic OH excluding ortho intramolecular Hbond substituents is 1. The van der Waals surface area contributed by atoms with E-state index in [0.717, 1.165) is 25.0 Å². The van der Waals surface area contributed by atoms with E-state index in [-0.39, 0.29) is 30.5 Å². The molecule has 0 radical (unpaired) electrons. The predicted molar refractivity (Wildman–Crippen MR) is 165 cm³/mol. The summed E-state index contributed by atoms with van der Waals surface area (Å²) < 4.78 is 28.1. The largest absolute Gasteiger partial charge is 0.504 e. The van der Waals surface area contributed by atoms with Crippen molar-refractivity contribution in [3.05, 3.63) is 70.3 Å². The smallest absolute Gasteiger partial charge is 0.247 e. The quantitative estimate of drug-likeness (QED) is 0.146. The fraction of sp³-hybridized carbons (Fsp3) is 0.500. The van der Waals surface area contributed by atoms with Crippen LogP contribution in [0.4, 0.5) is 0 Å². The summed E-state index contributed by atoms with van der Waals surface area (Å²) >= 11 is 0. The van der Waals surface area contributed by atoms with Gasteiger partial charge in [-0.1, -0.05) is 18.2 Å². The molecule has 4 aliphatic rings. The first-order chi connectivity index (χ1) is 22.5. The van der Waals surface area contributed by atoms with Gasteiger partial charge < -0.3 is 59.6 Å². The fourth-order valence-electron chi connectivity index (χ4n) is 6.60. The normalized spacial score (nSPS) is 33.8. The molecule has 2 aromatic rings. The molecule has 0 spiro atoms. The predicted octanol–water partition coefficient (Wildman–Crippen LogP) is 0.458. The number of phenols is 1. The SMILES string of the molecule is C/C(=C\c1ccc(O[C@@H]2O[C@H](/C(C)=C/COc3cccc4c3CCC4)[C@@H](O)[C@@H]2O)c(O)c1)C(=O)N[C@@H]1[C@H](O)[C@@H](O)[C@H]2OCO[C@H]2[C@@H]1O. The Balaban J connectivity index is 1.05. The highest BCUT2D eigenvalue weighted by atomic mass is 16.7. The van der Waals surface area contributed by atoms with Gasteiger partial charge in [0.15, 0.2) is 11.5 Å². The Hall–Kier alpha value is -3.53. The van der Waals surface area contributed by atoms with E-state index in [1.165, 1.54) is 36.3 Å². The molecule has 7 N–H and O–H groups in total. The first-order valence-electron chi connectivity index (χ1n) is 15.7. The maximum absolute atomic E-state index is 12.9. The molecule has 0 aromatic heterocycles. The van der Waals surface area contributed by atoms with Crippen LogP contribution in [-0.4, -0.2) is 111 Å². The first-order valence-corrected chi connectivity index (χ1v) is 15.7. The number of rotatable bonds is 9. The molecule has 6 rings (SSSR count). The summed E-state index contributed by atoms with van der Waals surface area (Å²) in [6, 6.07) is 9.16.